The topological polar surface area (TPSA) is 56.5 Å². The molecule has 4 nitrogen and oxygen atoms in total. The Kier molecular flexibility index (Phi) is 4.66. The zero-order chi connectivity index (χ0) is 13.8. The van der Waals surface area contributed by atoms with Crippen LogP contribution in [0.15, 0.2) is 29.6 Å². The van der Waals surface area contributed by atoms with Crippen LogP contribution in [0.1, 0.15) is 16.5 Å². The SMILES string of the molecule is COc1cc(C(NN)c2cccs2)cc(Cl)c1OC. The first kappa shape index (κ1) is 14.1. The molecule has 0 amide bonds. The summed E-state index contributed by atoms with van der Waals surface area (Å²) in [4.78, 5) is 1.10. The lowest BCUT2D eigenvalue weighted by Crippen LogP contribution is -2.28. The van der Waals surface area contributed by atoms with Crippen LogP contribution in [0.4, 0.5) is 0 Å². The van der Waals surface area contributed by atoms with Crippen molar-refractivity contribution >= 4 is 22.9 Å². The molecular weight excluding hydrogens is 284 g/mol. The van der Waals surface area contributed by atoms with Crippen LogP contribution < -0.4 is 20.7 Å². The molecule has 2 aromatic rings. The van der Waals surface area contributed by atoms with E-state index in [0.717, 1.165) is 10.4 Å². The molecule has 2 rings (SSSR count). The van der Waals surface area contributed by atoms with Gasteiger partial charge in [-0.2, -0.15) is 0 Å². The number of hydrazine groups is 1. The Morgan fingerprint density at radius 3 is 2.63 bits per heavy atom. The highest BCUT2D eigenvalue weighted by atomic mass is 35.5. The first-order chi connectivity index (χ1) is 9.21. The molecule has 0 spiro atoms. The molecular formula is C13H15ClN2O2S. The van der Waals surface area contributed by atoms with Gasteiger partial charge < -0.3 is 9.47 Å². The van der Waals surface area contributed by atoms with E-state index in [9.17, 15) is 0 Å². The summed E-state index contributed by atoms with van der Waals surface area (Å²) in [5.41, 5.74) is 3.72. The van der Waals surface area contributed by atoms with Crippen molar-refractivity contribution in [1.29, 1.82) is 0 Å². The Bertz CT molecular complexity index is 546. The first-order valence-electron chi connectivity index (χ1n) is 5.62. The van der Waals surface area contributed by atoms with Gasteiger partial charge in [-0.3, -0.25) is 5.84 Å². The third-order valence-corrected chi connectivity index (χ3v) is 4.00. The molecule has 0 aliphatic rings. The Hall–Kier alpha value is -1.27. The number of hydrogen-bond donors (Lipinski definition) is 2. The van der Waals surface area contributed by atoms with E-state index in [4.69, 9.17) is 26.9 Å². The van der Waals surface area contributed by atoms with Crippen molar-refractivity contribution in [2.45, 2.75) is 6.04 Å². The standard InChI is InChI=1S/C13H15ClN2O2S/c1-17-10-7-8(6-9(14)13(10)18-2)12(16-15)11-4-3-5-19-11/h3-7,12,16H,15H2,1-2H3. The van der Waals surface area contributed by atoms with E-state index < -0.39 is 0 Å². The van der Waals surface area contributed by atoms with Crippen LogP contribution in [0.25, 0.3) is 0 Å². The van der Waals surface area contributed by atoms with Gasteiger partial charge >= 0.3 is 0 Å². The molecule has 1 heterocycles. The quantitative estimate of drug-likeness (QED) is 0.658. The summed E-state index contributed by atoms with van der Waals surface area (Å²) in [6.07, 6.45) is 0. The Morgan fingerprint density at radius 1 is 1.32 bits per heavy atom. The maximum Gasteiger partial charge on any atom is 0.179 e. The molecule has 102 valence electrons. The fraction of sp³-hybridized carbons (Fsp3) is 0.231. The molecule has 0 fully saturated rings. The van der Waals surface area contributed by atoms with Crippen LogP contribution >= 0.6 is 22.9 Å². The number of methoxy groups -OCH3 is 2. The second-order valence-electron chi connectivity index (χ2n) is 3.85. The lowest BCUT2D eigenvalue weighted by atomic mass is 10.1. The van der Waals surface area contributed by atoms with Crippen LogP contribution in [-0.2, 0) is 0 Å². The van der Waals surface area contributed by atoms with Crippen LogP contribution in [0.5, 0.6) is 11.5 Å². The molecule has 1 aromatic heterocycles. The van der Waals surface area contributed by atoms with E-state index >= 15 is 0 Å². The van der Waals surface area contributed by atoms with Crippen molar-refractivity contribution in [1.82, 2.24) is 5.43 Å². The van der Waals surface area contributed by atoms with Crippen LogP contribution in [-0.4, -0.2) is 14.2 Å². The summed E-state index contributed by atoms with van der Waals surface area (Å²) >= 11 is 7.83. The number of rotatable bonds is 5. The predicted octanol–water partition coefficient (Wildman–Crippen LogP) is 2.97. The average Bonchev–Trinajstić information content (AvgIpc) is 2.92. The minimum atomic E-state index is -0.127. The Morgan fingerprint density at radius 2 is 2.11 bits per heavy atom. The Labute approximate surface area is 121 Å². The van der Waals surface area contributed by atoms with E-state index in [1.807, 2.05) is 29.6 Å². The number of nitrogens with one attached hydrogen (secondary N) is 1. The summed E-state index contributed by atoms with van der Waals surface area (Å²) in [7, 11) is 3.13. The number of halogens is 1. The summed E-state index contributed by atoms with van der Waals surface area (Å²) in [5.74, 6) is 6.76. The van der Waals surface area contributed by atoms with Crippen molar-refractivity contribution in [3.63, 3.8) is 0 Å². The van der Waals surface area contributed by atoms with Gasteiger partial charge in [0.15, 0.2) is 11.5 Å². The normalized spacial score (nSPS) is 12.2. The molecule has 0 aliphatic heterocycles. The number of thiophene rings is 1. The molecule has 0 saturated carbocycles. The van der Waals surface area contributed by atoms with E-state index in [-0.39, 0.29) is 6.04 Å². The van der Waals surface area contributed by atoms with Gasteiger partial charge in [-0.25, -0.2) is 5.43 Å². The fourth-order valence-electron chi connectivity index (χ4n) is 1.90. The van der Waals surface area contributed by atoms with Gasteiger partial charge in [0, 0.05) is 4.88 Å². The van der Waals surface area contributed by atoms with Crippen LogP contribution in [0.3, 0.4) is 0 Å². The molecule has 1 atom stereocenters. The van der Waals surface area contributed by atoms with E-state index in [1.54, 1.807) is 25.6 Å². The van der Waals surface area contributed by atoms with E-state index in [2.05, 4.69) is 5.43 Å². The van der Waals surface area contributed by atoms with Gasteiger partial charge in [-0.1, -0.05) is 17.7 Å². The van der Waals surface area contributed by atoms with Crippen LogP contribution in [0, 0.1) is 0 Å². The molecule has 3 N–H and O–H groups in total. The maximum absolute atomic E-state index is 6.21. The third-order valence-electron chi connectivity index (χ3n) is 2.78. The molecule has 6 heteroatoms. The second-order valence-corrected chi connectivity index (χ2v) is 5.24. The van der Waals surface area contributed by atoms with Gasteiger partial charge in [0.05, 0.1) is 25.3 Å². The minimum Gasteiger partial charge on any atom is -0.493 e. The van der Waals surface area contributed by atoms with Crippen LogP contribution in [0.2, 0.25) is 5.02 Å². The average molecular weight is 299 g/mol. The highest BCUT2D eigenvalue weighted by Gasteiger charge is 2.18. The van der Waals surface area contributed by atoms with E-state index in [0.29, 0.717) is 16.5 Å². The molecule has 0 saturated heterocycles. The molecule has 1 aromatic carbocycles. The van der Waals surface area contributed by atoms with Gasteiger partial charge in [-0.15, -0.1) is 11.3 Å². The third kappa shape index (κ3) is 2.84. The van der Waals surface area contributed by atoms with Gasteiger partial charge in [0.2, 0.25) is 0 Å². The summed E-state index contributed by atoms with van der Waals surface area (Å²) in [5, 5.41) is 2.50. The fourth-order valence-corrected chi connectivity index (χ4v) is 3.01. The molecule has 19 heavy (non-hydrogen) atoms. The largest absolute Gasteiger partial charge is 0.493 e. The molecule has 0 bridgehead atoms. The van der Waals surface area contributed by atoms with Crippen molar-refractivity contribution in [2.75, 3.05) is 14.2 Å². The number of hydrogen-bond acceptors (Lipinski definition) is 5. The second kappa shape index (κ2) is 6.25. The zero-order valence-corrected chi connectivity index (χ0v) is 12.2. The van der Waals surface area contributed by atoms with Gasteiger partial charge in [0.1, 0.15) is 0 Å². The minimum absolute atomic E-state index is 0.127. The van der Waals surface area contributed by atoms with E-state index in [1.165, 1.54) is 0 Å². The smallest absolute Gasteiger partial charge is 0.179 e. The summed E-state index contributed by atoms with van der Waals surface area (Å²) in [6.45, 7) is 0. The highest BCUT2D eigenvalue weighted by molar-refractivity contribution is 7.10. The lowest BCUT2D eigenvalue weighted by molar-refractivity contribution is 0.354. The summed E-state index contributed by atoms with van der Waals surface area (Å²) < 4.78 is 10.5. The predicted molar refractivity (Wildman–Crippen MR) is 78.0 cm³/mol. The van der Waals surface area contributed by atoms with Crippen molar-refractivity contribution in [3.8, 4) is 11.5 Å². The zero-order valence-electron chi connectivity index (χ0n) is 10.6. The number of ether oxygens (including phenoxy) is 2. The summed E-state index contributed by atoms with van der Waals surface area (Å²) in [6, 6.07) is 7.56. The molecule has 1 unspecified atom stereocenters. The van der Waals surface area contributed by atoms with Gasteiger partial charge in [-0.05, 0) is 29.1 Å². The van der Waals surface area contributed by atoms with Crippen molar-refractivity contribution in [3.05, 3.63) is 45.1 Å². The maximum atomic E-state index is 6.21. The monoisotopic (exact) mass is 298 g/mol. The highest BCUT2D eigenvalue weighted by Crippen LogP contribution is 2.39. The van der Waals surface area contributed by atoms with Gasteiger partial charge in [0.25, 0.3) is 0 Å². The Balaban J connectivity index is 2.47. The number of nitrogens with two attached hydrogens (primary N) is 1. The lowest BCUT2D eigenvalue weighted by Gasteiger charge is -2.18. The van der Waals surface area contributed by atoms with Crippen molar-refractivity contribution in [2.24, 2.45) is 5.84 Å². The number of benzene rings is 1. The first-order valence-corrected chi connectivity index (χ1v) is 6.88. The van der Waals surface area contributed by atoms with Crippen molar-refractivity contribution < 1.29 is 9.47 Å². The molecule has 0 aliphatic carbocycles. The molecule has 0 radical (unpaired) electrons.